The molecule has 1 heteroatoms. The molecule has 0 saturated carbocycles. The molecule has 19 heavy (non-hydrogen) atoms. The second-order valence-electron chi connectivity index (χ2n) is 5.27. The highest BCUT2D eigenvalue weighted by atomic mass is 14.7. The highest BCUT2D eigenvalue weighted by Gasteiger charge is 2.16. The maximum Gasteiger partial charge on any atom is 0.0707 e. The first-order valence-electron chi connectivity index (χ1n) is 7.10. The van der Waals surface area contributed by atoms with E-state index in [-0.39, 0.29) is 0 Å². The molecule has 1 aliphatic rings. The third kappa shape index (κ3) is 2.42. The normalized spacial score (nSPS) is 14.2. The van der Waals surface area contributed by atoms with Crippen molar-refractivity contribution >= 4 is 0 Å². The van der Waals surface area contributed by atoms with Gasteiger partial charge >= 0.3 is 0 Å². The summed E-state index contributed by atoms with van der Waals surface area (Å²) in [6.45, 7) is 4.33. The zero-order valence-electron chi connectivity index (χ0n) is 11.7. The van der Waals surface area contributed by atoms with Crippen LogP contribution in [0.1, 0.15) is 42.0 Å². The van der Waals surface area contributed by atoms with Gasteiger partial charge in [-0.2, -0.15) is 0 Å². The Bertz CT molecular complexity index is 599. The summed E-state index contributed by atoms with van der Waals surface area (Å²) in [5.41, 5.74) is 7.81. The van der Waals surface area contributed by atoms with Crippen molar-refractivity contribution in [3.8, 4) is 11.3 Å². The summed E-state index contributed by atoms with van der Waals surface area (Å²) < 4.78 is 0. The van der Waals surface area contributed by atoms with Crippen LogP contribution in [0.2, 0.25) is 0 Å². The molecule has 1 aromatic heterocycles. The van der Waals surface area contributed by atoms with Crippen molar-refractivity contribution in [1.82, 2.24) is 4.98 Å². The zero-order chi connectivity index (χ0) is 13.2. The molecule has 1 nitrogen and oxygen atoms in total. The first-order chi connectivity index (χ1) is 9.28. The van der Waals surface area contributed by atoms with Crippen molar-refractivity contribution in [2.24, 2.45) is 0 Å². The first-order valence-corrected chi connectivity index (χ1v) is 7.10. The zero-order valence-corrected chi connectivity index (χ0v) is 11.7. The van der Waals surface area contributed by atoms with Gasteiger partial charge in [-0.3, -0.25) is 4.98 Å². The number of hydrogen-bond acceptors (Lipinski definition) is 1. The molecule has 0 atom stereocenters. The van der Waals surface area contributed by atoms with Gasteiger partial charge in [0.25, 0.3) is 0 Å². The van der Waals surface area contributed by atoms with Gasteiger partial charge in [0.2, 0.25) is 0 Å². The third-order valence-electron chi connectivity index (χ3n) is 3.83. The fourth-order valence-corrected chi connectivity index (χ4v) is 2.76. The lowest BCUT2D eigenvalue weighted by molar-refractivity contribution is 0.774. The maximum atomic E-state index is 4.57. The van der Waals surface area contributed by atoms with Crippen LogP contribution in [0.5, 0.6) is 0 Å². The van der Waals surface area contributed by atoms with E-state index in [0.29, 0.717) is 0 Å². The van der Waals surface area contributed by atoms with Crippen LogP contribution in [0.15, 0.2) is 30.5 Å². The molecule has 0 bridgehead atoms. The summed E-state index contributed by atoms with van der Waals surface area (Å²) in [7, 11) is 0. The van der Waals surface area contributed by atoms with Crippen molar-refractivity contribution < 1.29 is 0 Å². The summed E-state index contributed by atoms with van der Waals surface area (Å²) in [6, 6.07) is 8.85. The van der Waals surface area contributed by atoms with Crippen molar-refractivity contribution in [3.05, 3.63) is 59.1 Å². The predicted molar refractivity (Wildman–Crippen MR) is 79.1 cm³/mol. The summed E-state index contributed by atoms with van der Waals surface area (Å²) in [6.07, 6.45) is 9.95. The lowest BCUT2D eigenvalue weighted by Gasteiger charge is -2.20. The topological polar surface area (TPSA) is 12.9 Å². The lowest BCUT2D eigenvalue weighted by atomic mass is 9.85. The van der Waals surface area contributed by atoms with Crippen molar-refractivity contribution in [2.75, 3.05) is 0 Å². The molecule has 0 unspecified atom stereocenters. The standard InChI is InChI=1S/C18H19N/c1-3-14-11-15-6-4-5-7-16(15)17(12-14)18-10-13(2)8-9-19-18/h8-12H,3-5,7H2,1-2H3. The van der Waals surface area contributed by atoms with Crippen LogP contribution in [-0.4, -0.2) is 4.98 Å². The average Bonchev–Trinajstić information content (AvgIpc) is 2.46. The maximum absolute atomic E-state index is 4.57. The van der Waals surface area contributed by atoms with Crippen LogP contribution in [-0.2, 0) is 12.8 Å². The first kappa shape index (κ1) is 12.4. The van der Waals surface area contributed by atoms with Gasteiger partial charge in [-0.25, -0.2) is 0 Å². The lowest BCUT2D eigenvalue weighted by Crippen LogP contribution is -2.05. The molecule has 0 spiro atoms. The second kappa shape index (κ2) is 5.16. The molecule has 0 fully saturated rings. The Labute approximate surface area is 115 Å². The van der Waals surface area contributed by atoms with Crippen LogP contribution in [0.3, 0.4) is 0 Å². The quantitative estimate of drug-likeness (QED) is 0.769. The molecule has 0 N–H and O–H groups in total. The number of aromatic nitrogens is 1. The highest BCUT2D eigenvalue weighted by Crippen LogP contribution is 2.33. The van der Waals surface area contributed by atoms with E-state index < -0.39 is 0 Å². The van der Waals surface area contributed by atoms with Gasteiger partial charge < -0.3 is 0 Å². The SMILES string of the molecule is CCc1cc2c(c(-c3cc(C)ccn3)c1)CCC[C]2. The molecule has 1 aromatic carbocycles. The largest absolute Gasteiger partial charge is 0.256 e. The van der Waals surface area contributed by atoms with Crippen LogP contribution in [0.25, 0.3) is 11.3 Å². The van der Waals surface area contributed by atoms with Gasteiger partial charge in [0.05, 0.1) is 5.69 Å². The summed E-state index contributed by atoms with van der Waals surface area (Å²) in [5, 5.41) is 0. The number of nitrogens with zero attached hydrogens (tertiary/aromatic N) is 1. The molecular weight excluding hydrogens is 230 g/mol. The van der Waals surface area contributed by atoms with Gasteiger partial charge in [-0.1, -0.05) is 13.0 Å². The number of benzene rings is 1. The summed E-state index contributed by atoms with van der Waals surface area (Å²) >= 11 is 0. The van der Waals surface area contributed by atoms with Gasteiger partial charge in [-0.15, -0.1) is 0 Å². The van der Waals surface area contributed by atoms with E-state index in [0.717, 1.165) is 25.0 Å². The molecule has 2 aromatic rings. The van der Waals surface area contributed by atoms with Crippen molar-refractivity contribution in [3.63, 3.8) is 0 Å². The molecular formula is C18H19N. The predicted octanol–water partition coefficient (Wildman–Crippen LogP) is 4.39. The van der Waals surface area contributed by atoms with Crippen molar-refractivity contribution in [1.29, 1.82) is 0 Å². The minimum atomic E-state index is 1.06. The Balaban J connectivity index is 2.18. The summed E-state index contributed by atoms with van der Waals surface area (Å²) in [5.74, 6) is 0. The Hall–Kier alpha value is -1.63. The smallest absolute Gasteiger partial charge is 0.0707 e. The third-order valence-corrected chi connectivity index (χ3v) is 3.83. The molecule has 0 amide bonds. The number of rotatable bonds is 2. The minimum absolute atomic E-state index is 1.06. The van der Waals surface area contributed by atoms with Crippen LogP contribution >= 0.6 is 0 Å². The molecule has 3 rings (SSSR count). The van der Waals surface area contributed by atoms with Gasteiger partial charge in [0.1, 0.15) is 0 Å². The Kier molecular flexibility index (Phi) is 3.37. The fraction of sp³-hybridized carbons (Fsp3) is 0.333. The molecule has 1 heterocycles. The average molecular weight is 249 g/mol. The Morgan fingerprint density at radius 2 is 2.16 bits per heavy atom. The molecule has 1 aliphatic carbocycles. The molecule has 96 valence electrons. The Morgan fingerprint density at radius 1 is 1.26 bits per heavy atom. The minimum Gasteiger partial charge on any atom is -0.256 e. The fourth-order valence-electron chi connectivity index (χ4n) is 2.76. The van der Waals surface area contributed by atoms with Gasteiger partial charge in [-0.05, 0) is 73.1 Å². The van der Waals surface area contributed by atoms with E-state index in [1.165, 1.54) is 34.2 Å². The molecule has 0 saturated heterocycles. The van der Waals surface area contributed by atoms with E-state index in [2.05, 4.69) is 49.5 Å². The van der Waals surface area contributed by atoms with E-state index in [4.69, 9.17) is 0 Å². The van der Waals surface area contributed by atoms with Crippen LogP contribution in [0.4, 0.5) is 0 Å². The molecule has 0 aliphatic heterocycles. The van der Waals surface area contributed by atoms with E-state index in [9.17, 15) is 0 Å². The number of pyridine rings is 1. The van der Waals surface area contributed by atoms with Gasteiger partial charge in [0.15, 0.2) is 0 Å². The summed E-state index contributed by atoms with van der Waals surface area (Å²) in [4.78, 5) is 4.57. The van der Waals surface area contributed by atoms with Gasteiger partial charge in [0, 0.05) is 18.2 Å². The van der Waals surface area contributed by atoms with Crippen LogP contribution < -0.4 is 0 Å². The number of fused-ring (bicyclic) bond motifs is 1. The number of aryl methyl sites for hydroxylation is 2. The second-order valence-corrected chi connectivity index (χ2v) is 5.27. The van der Waals surface area contributed by atoms with Crippen LogP contribution in [0, 0.1) is 13.3 Å². The van der Waals surface area contributed by atoms with E-state index >= 15 is 0 Å². The van der Waals surface area contributed by atoms with E-state index in [1.54, 1.807) is 0 Å². The molecule has 2 radical (unpaired) electrons. The van der Waals surface area contributed by atoms with Crippen molar-refractivity contribution in [2.45, 2.75) is 39.5 Å². The monoisotopic (exact) mass is 249 g/mol. The Morgan fingerprint density at radius 3 is 2.95 bits per heavy atom. The van der Waals surface area contributed by atoms with E-state index in [1.807, 2.05) is 6.20 Å². The highest BCUT2D eigenvalue weighted by molar-refractivity contribution is 5.68. The number of hydrogen-bond donors (Lipinski definition) is 0.